The molecule has 1 aliphatic carbocycles. The Bertz CT molecular complexity index is 1460. The molecule has 2 aliphatic heterocycles. The molecular formula is C31H33NO8. The molecule has 0 spiro atoms. The van der Waals surface area contributed by atoms with Crippen LogP contribution in [0.2, 0.25) is 0 Å². The monoisotopic (exact) mass is 547 g/mol. The van der Waals surface area contributed by atoms with Gasteiger partial charge >= 0.3 is 5.97 Å². The van der Waals surface area contributed by atoms with Crippen molar-refractivity contribution in [3.63, 3.8) is 0 Å². The zero-order chi connectivity index (χ0) is 29.5. The molecule has 210 valence electrons. The van der Waals surface area contributed by atoms with Gasteiger partial charge in [0.2, 0.25) is 11.7 Å². The summed E-state index contributed by atoms with van der Waals surface area (Å²) in [5.74, 6) is -4.43. The summed E-state index contributed by atoms with van der Waals surface area (Å²) in [6, 6.07) is 1.30. The number of benzene rings is 1. The van der Waals surface area contributed by atoms with E-state index >= 15 is 0 Å². The lowest BCUT2D eigenvalue weighted by Crippen LogP contribution is -2.42. The number of aliphatic hydroxyl groups is 1. The molecule has 3 aliphatic rings. The van der Waals surface area contributed by atoms with Gasteiger partial charge in [0.25, 0.3) is 0 Å². The third-order valence-electron chi connectivity index (χ3n) is 7.63. The number of phenolic OH excluding ortho intramolecular Hbond substituents is 1. The van der Waals surface area contributed by atoms with E-state index in [1.54, 1.807) is 26.0 Å². The molecule has 3 N–H and O–H groups in total. The molecule has 2 bridgehead atoms. The average Bonchev–Trinajstić information content (AvgIpc) is 3.03. The highest BCUT2D eigenvalue weighted by Gasteiger charge is 2.50. The number of ketones is 3. The van der Waals surface area contributed by atoms with Gasteiger partial charge in [-0.25, -0.2) is 0 Å². The molecule has 0 saturated carbocycles. The molecule has 0 saturated heterocycles. The third-order valence-corrected chi connectivity index (χ3v) is 7.63. The predicted molar refractivity (Wildman–Crippen MR) is 146 cm³/mol. The number of carbonyl (C=O) groups is 5. The van der Waals surface area contributed by atoms with E-state index in [1.807, 2.05) is 6.92 Å². The Balaban J connectivity index is 2.03. The fourth-order valence-corrected chi connectivity index (χ4v) is 5.29. The van der Waals surface area contributed by atoms with Crippen molar-refractivity contribution in [3.8, 4) is 5.75 Å². The fraction of sp³-hybridized carbons (Fsp3) is 0.387. The van der Waals surface area contributed by atoms with Crippen LogP contribution in [0.4, 0.5) is 0 Å². The number of hydrogen-bond donors (Lipinski definition) is 3. The van der Waals surface area contributed by atoms with Crippen LogP contribution in [0.1, 0.15) is 83.6 Å². The molecule has 4 unspecified atom stereocenters. The number of esters is 1. The maximum atomic E-state index is 14.2. The Morgan fingerprint density at radius 3 is 2.48 bits per heavy atom. The molecule has 1 aromatic carbocycles. The van der Waals surface area contributed by atoms with Gasteiger partial charge in [-0.05, 0) is 64.2 Å². The summed E-state index contributed by atoms with van der Waals surface area (Å²) in [4.78, 5) is 68.0. The highest BCUT2D eigenvalue weighted by Crippen LogP contribution is 2.44. The van der Waals surface area contributed by atoms with Gasteiger partial charge in [0.05, 0.1) is 11.3 Å². The lowest BCUT2D eigenvalue weighted by molar-refractivity contribution is -0.157. The largest absolute Gasteiger partial charge is 0.507 e. The summed E-state index contributed by atoms with van der Waals surface area (Å²) >= 11 is 0. The van der Waals surface area contributed by atoms with Gasteiger partial charge in [0.15, 0.2) is 11.6 Å². The number of aromatic hydroxyl groups is 1. The SMILES string of the molecule is CCC1C=CC(O)C(C=C(C)C)OC(=O)C2(C)C=CC(=O)NC3=C2C(=O)c2c(cc(C)c(O)c2C(=O)CC1)C3=O. The van der Waals surface area contributed by atoms with E-state index in [2.05, 4.69) is 5.32 Å². The van der Waals surface area contributed by atoms with Crippen LogP contribution in [0.15, 0.2) is 53.3 Å². The normalized spacial score (nSPS) is 26.9. The number of cyclic esters (lactones) is 1. The van der Waals surface area contributed by atoms with E-state index in [4.69, 9.17) is 4.74 Å². The van der Waals surface area contributed by atoms with Crippen LogP contribution in [-0.4, -0.2) is 51.6 Å². The summed E-state index contributed by atoms with van der Waals surface area (Å²) in [6.07, 6.45) is 5.59. The van der Waals surface area contributed by atoms with Crippen LogP contribution < -0.4 is 5.32 Å². The molecule has 40 heavy (non-hydrogen) atoms. The number of amides is 1. The number of aliphatic hydroxyl groups excluding tert-OH is 1. The van der Waals surface area contributed by atoms with E-state index < -0.39 is 58.3 Å². The molecule has 9 nitrogen and oxygen atoms in total. The topological polar surface area (TPSA) is 147 Å². The van der Waals surface area contributed by atoms with E-state index in [0.717, 1.165) is 11.6 Å². The summed E-state index contributed by atoms with van der Waals surface area (Å²) < 4.78 is 5.77. The van der Waals surface area contributed by atoms with Crippen molar-refractivity contribution in [2.75, 3.05) is 0 Å². The van der Waals surface area contributed by atoms with Gasteiger partial charge in [0.1, 0.15) is 23.4 Å². The Kier molecular flexibility index (Phi) is 7.81. The molecule has 0 fully saturated rings. The minimum absolute atomic E-state index is 0.0451. The van der Waals surface area contributed by atoms with Crippen LogP contribution in [-0.2, 0) is 14.3 Å². The number of phenols is 1. The number of hydrogen-bond acceptors (Lipinski definition) is 8. The van der Waals surface area contributed by atoms with E-state index in [-0.39, 0.29) is 40.2 Å². The minimum Gasteiger partial charge on any atom is -0.507 e. The van der Waals surface area contributed by atoms with Crippen molar-refractivity contribution < 1.29 is 38.9 Å². The first kappa shape index (κ1) is 28.9. The van der Waals surface area contributed by atoms with E-state index in [9.17, 15) is 34.2 Å². The number of rotatable bonds is 2. The van der Waals surface area contributed by atoms with E-state index in [1.165, 1.54) is 32.1 Å². The Morgan fingerprint density at radius 1 is 1.12 bits per heavy atom. The van der Waals surface area contributed by atoms with Gasteiger partial charge < -0.3 is 20.3 Å². The van der Waals surface area contributed by atoms with Gasteiger partial charge in [-0.3, -0.25) is 24.0 Å². The summed E-state index contributed by atoms with van der Waals surface area (Å²) in [7, 11) is 0. The number of ether oxygens (including phenoxy) is 1. The van der Waals surface area contributed by atoms with Crippen LogP contribution in [0.25, 0.3) is 0 Å². The molecule has 4 rings (SSSR count). The van der Waals surface area contributed by atoms with Crippen molar-refractivity contribution in [2.45, 2.75) is 66.1 Å². The van der Waals surface area contributed by atoms with Crippen LogP contribution in [0.3, 0.4) is 0 Å². The first-order valence-corrected chi connectivity index (χ1v) is 13.3. The Morgan fingerprint density at radius 2 is 1.82 bits per heavy atom. The second kappa shape index (κ2) is 10.8. The summed E-state index contributed by atoms with van der Waals surface area (Å²) in [6.45, 7) is 8.30. The van der Waals surface area contributed by atoms with Crippen LogP contribution >= 0.6 is 0 Å². The maximum absolute atomic E-state index is 14.2. The smallest absolute Gasteiger partial charge is 0.321 e. The van der Waals surface area contributed by atoms with Gasteiger partial charge in [-0.15, -0.1) is 0 Å². The van der Waals surface area contributed by atoms with Gasteiger partial charge in [-0.2, -0.15) is 0 Å². The first-order chi connectivity index (χ1) is 18.8. The fourth-order valence-electron chi connectivity index (χ4n) is 5.29. The molecule has 1 aromatic rings. The number of nitrogens with one attached hydrogen (secondary N) is 1. The molecular weight excluding hydrogens is 514 g/mol. The molecule has 4 atom stereocenters. The molecule has 2 heterocycles. The Hall–Kier alpha value is -4.11. The third kappa shape index (κ3) is 4.97. The van der Waals surface area contributed by atoms with Gasteiger partial charge in [0, 0.05) is 29.2 Å². The second-order valence-corrected chi connectivity index (χ2v) is 10.9. The minimum atomic E-state index is -1.96. The predicted octanol–water partition coefficient (Wildman–Crippen LogP) is 3.82. The van der Waals surface area contributed by atoms with Crippen molar-refractivity contribution in [1.29, 1.82) is 0 Å². The second-order valence-electron chi connectivity index (χ2n) is 10.9. The standard InChI is InChI=1S/C31H33NO8/c1-6-17-7-9-19(33)21(13-15(2)3)40-30(39)31(5)12-11-22(35)32-26-25(31)29(38)23-18(28(26)37)14-16(4)27(36)24(23)20(34)10-8-17/h7,9,11-14,17,19,21,33,36H,6,8,10H2,1-5H3,(H,32,35). The summed E-state index contributed by atoms with van der Waals surface area (Å²) in [5.41, 5.74) is -2.50. The first-order valence-electron chi connectivity index (χ1n) is 13.3. The summed E-state index contributed by atoms with van der Waals surface area (Å²) in [5, 5.41) is 24.4. The van der Waals surface area contributed by atoms with Crippen molar-refractivity contribution in [1.82, 2.24) is 5.32 Å². The quantitative estimate of drug-likeness (QED) is 0.374. The van der Waals surface area contributed by atoms with E-state index in [0.29, 0.717) is 12.8 Å². The van der Waals surface area contributed by atoms with Gasteiger partial charge in [-0.1, -0.05) is 30.7 Å². The molecule has 0 radical (unpaired) electrons. The lowest BCUT2D eigenvalue weighted by atomic mass is 9.71. The van der Waals surface area contributed by atoms with Crippen molar-refractivity contribution in [2.24, 2.45) is 11.3 Å². The molecule has 0 aromatic heterocycles. The highest BCUT2D eigenvalue weighted by atomic mass is 16.6. The number of allylic oxidation sites excluding steroid dienone is 3. The maximum Gasteiger partial charge on any atom is 0.321 e. The molecule has 9 heteroatoms. The zero-order valence-corrected chi connectivity index (χ0v) is 23.2. The van der Waals surface area contributed by atoms with Crippen LogP contribution in [0.5, 0.6) is 5.75 Å². The molecule has 1 amide bonds. The van der Waals surface area contributed by atoms with Crippen molar-refractivity contribution >= 4 is 29.2 Å². The number of carbonyl (C=O) groups excluding carboxylic acids is 5. The number of Topliss-reactive ketones (excluding diaryl/α,β-unsaturated/α-hetero) is 3. The van der Waals surface area contributed by atoms with Crippen molar-refractivity contribution in [3.05, 3.63) is 75.5 Å². The lowest BCUT2D eigenvalue weighted by Gasteiger charge is -2.32. The highest BCUT2D eigenvalue weighted by molar-refractivity contribution is 6.32. The average molecular weight is 548 g/mol. The Labute approximate surface area is 232 Å². The zero-order valence-electron chi connectivity index (χ0n) is 23.2. The van der Waals surface area contributed by atoms with Crippen LogP contribution in [0, 0.1) is 18.3 Å². The number of aryl methyl sites for hydroxylation is 1.